The van der Waals surface area contributed by atoms with Gasteiger partial charge >= 0.3 is 0 Å². The van der Waals surface area contributed by atoms with Crippen LogP contribution in [0.15, 0.2) is 23.4 Å². The number of para-hydroxylation sites is 1. The summed E-state index contributed by atoms with van der Waals surface area (Å²) in [6.07, 6.45) is 2.04. The third kappa shape index (κ3) is 3.12. The highest BCUT2D eigenvalue weighted by molar-refractivity contribution is 5.91. The second kappa shape index (κ2) is 7.02. The van der Waals surface area contributed by atoms with E-state index in [1.165, 1.54) is 0 Å². The minimum absolute atomic E-state index is 0.0317. The molecule has 0 unspecified atom stereocenters. The number of hydrogen-bond acceptors (Lipinski definition) is 5. The molecule has 0 atom stereocenters. The standard InChI is InChI=1S/C16H20N2O3/c1-4-5-9-21-16-11(2)13(10-17-19)18-15-12(16)7-6-8-14(15)20-3/h6-8H,4-5,9-10H2,1-3H3. The summed E-state index contributed by atoms with van der Waals surface area (Å²) in [4.78, 5) is 15.2. The highest BCUT2D eigenvalue weighted by Gasteiger charge is 2.15. The predicted molar refractivity (Wildman–Crippen MR) is 82.9 cm³/mol. The lowest BCUT2D eigenvalue weighted by Gasteiger charge is -2.15. The van der Waals surface area contributed by atoms with Crippen molar-refractivity contribution in [2.75, 3.05) is 13.7 Å². The summed E-state index contributed by atoms with van der Waals surface area (Å²) >= 11 is 0. The number of ether oxygens (including phenoxy) is 2. The second-order valence-corrected chi connectivity index (χ2v) is 4.86. The SMILES string of the molecule is CCCCOc1c(C)c(CN=O)nc2c(OC)cccc12. The maximum atomic E-state index is 10.6. The molecule has 2 aromatic rings. The molecule has 1 heterocycles. The minimum Gasteiger partial charge on any atom is -0.494 e. The van der Waals surface area contributed by atoms with Crippen molar-refractivity contribution in [3.8, 4) is 11.5 Å². The molecular formula is C16H20N2O3. The lowest BCUT2D eigenvalue weighted by Crippen LogP contribution is -2.04. The van der Waals surface area contributed by atoms with Crippen molar-refractivity contribution in [2.24, 2.45) is 5.18 Å². The Morgan fingerprint density at radius 3 is 2.81 bits per heavy atom. The van der Waals surface area contributed by atoms with Gasteiger partial charge in [0, 0.05) is 10.9 Å². The molecule has 0 amide bonds. The van der Waals surface area contributed by atoms with Gasteiger partial charge in [-0.2, -0.15) is 4.91 Å². The zero-order chi connectivity index (χ0) is 15.2. The quantitative estimate of drug-likeness (QED) is 0.570. The van der Waals surface area contributed by atoms with Gasteiger partial charge < -0.3 is 9.47 Å². The number of methoxy groups -OCH3 is 1. The zero-order valence-electron chi connectivity index (χ0n) is 12.7. The fourth-order valence-corrected chi connectivity index (χ4v) is 2.26. The van der Waals surface area contributed by atoms with Gasteiger partial charge in [0.15, 0.2) is 0 Å². The van der Waals surface area contributed by atoms with E-state index in [-0.39, 0.29) is 6.54 Å². The minimum atomic E-state index is 0.0317. The lowest BCUT2D eigenvalue weighted by atomic mass is 10.1. The molecular weight excluding hydrogens is 268 g/mol. The van der Waals surface area contributed by atoms with Gasteiger partial charge in [0.2, 0.25) is 0 Å². The van der Waals surface area contributed by atoms with Gasteiger partial charge in [-0.25, -0.2) is 4.98 Å². The molecule has 21 heavy (non-hydrogen) atoms. The lowest BCUT2D eigenvalue weighted by molar-refractivity contribution is 0.310. The van der Waals surface area contributed by atoms with Gasteiger partial charge in [-0.15, -0.1) is 0 Å². The third-order valence-electron chi connectivity index (χ3n) is 3.44. The average Bonchev–Trinajstić information content (AvgIpc) is 2.50. The van der Waals surface area contributed by atoms with Crippen molar-refractivity contribution in [3.05, 3.63) is 34.4 Å². The predicted octanol–water partition coefficient (Wildman–Crippen LogP) is 4.00. The van der Waals surface area contributed by atoms with Crippen molar-refractivity contribution < 1.29 is 9.47 Å². The van der Waals surface area contributed by atoms with Gasteiger partial charge in [-0.05, 0) is 25.5 Å². The third-order valence-corrected chi connectivity index (χ3v) is 3.44. The molecule has 0 bridgehead atoms. The van der Waals surface area contributed by atoms with Crippen LogP contribution in [0.3, 0.4) is 0 Å². The van der Waals surface area contributed by atoms with E-state index in [2.05, 4.69) is 17.1 Å². The summed E-state index contributed by atoms with van der Waals surface area (Å²) in [6.45, 7) is 4.70. The number of fused-ring (bicyclic) bond motifs is 1. The molecule has 112 valence electrons. The summed E-state index contributed by atoms with van der Waals surface area (Å²) in [6, 6.07) is 5.71. The maximum absolute atomic E-state index is 10.6. The van der Waals surface area contributed by atoms with Crippen molar-refractivity contribution in [2.45, 2.75) is 33.2 Å². The molecule has 0 fully saturated rings. The van der Waals surface area contributed by atoms with E-state index in [1.54, 1.807) is 7.11 Å². The van der Waals surface area contributed by atoms with Gasteiger partial charge in [0.05, 0.1) is 19.4 Å². The van der Waals surface area contributed by atoms with E-state index in [0.29, 0.717) is 23.6 Å². The van der Waals surface area contributed by atoms with E-state index in [1.807, 2.05) is 25.1 Å². The Morgan fingerprint density at radius 2 is 2.14 bits per heavy atom. The number of aromatic nitrogens is 1. The smallest absolute Gasteiger partial charge is 0.145 e. The molecule has 0 aliphatic rings. The first kappa shape index (κ1) is 15.2. The van der Waals surface area contributed by atoms with Crippen LogP contribution in [-0.2, 0) is 6.54 Å². The van der Waals surface area contributed by atoms with E-state index < -0.39 is 0 Å². The topological polar surface area (TPSA) is 60.8 Å². The van der Waals surface area contributed by atoms with E-state index >= 15 is 0 Å². The van der Waals surface area contributed by atoms with Crippen LogP contribution in [0.1, 0.15) is 31.0 Å². The van der Waals surface area contributed by atoms with Gasteiger partial charge in [-0.3, -0.25) is 0 Å². The van der Waals surface area contributed by atoms with E-state index in [9.17, 15) is 4.91 Å². The van der Waals surface area contributed by atoms with Crippen molar-refractivity contribution in [3.63, 3.8) is 0 Å². The molecule has 0 saturated heterocycles. The Kier molecular flexibility index (Phi) is 5.09. The number of unbranched alkanes of at least 4 members (excludes halogenated alkanes) is 1. The van der Waals surface area contributed by atoms with Crippen LogP contribution in [0.4, 0.5) is 0 Å². The molecule has 0 spiro atoms. The molecule has 0 saturated carbocycles. The summed E-state index contributed by atoms with van der Waals surface area (Å²) in [5, 5.41) is 3.86. The molecule has 0 aliphatic heterocycles. The Balaban J connectivity index is 2.60. The Labute approximate surface area is 124 Å². The van der Waals surface area contributed by atoms with Crippen molar-refractivity contribution >= 4 is 10.9 Å². The van der Waals surface area contributed by atoms with Gasteiger partial charge in [0.1, 0.15) is 23.6 Å². The van der Waals surface area contributed by atoms with Crippen LogP contribution in [0.25, 0.3) is 10.9 Å². The number of nitroso groups, excluding NO2 is 1. The number of hydrogen-bond donors (Lipinski definition) is 0. The monoisotopic (exact) mass is 288 g/mol. The molecule has 0 aliphatic carbocycles. The van der Waals surface area contributed by atoms with Crippen LogP contribution in [0, 0.1) is 11.8 Å². The zero-order valence-corrected chi connectivity index (χ0v) is 12.7. The average molecular weight is 288 g/mol. The maximum Gasteiger partial charge on any atom is 0.145 e. The van der Waals surface area contributed by atoms with Crippen molar-refractivity contribution in [1.29, 1.82) is 0 Å². The van der Waals surface area contributed by atoms with Crippen LogP contribution in [0.5, 0.6) is 11.5 Å². The first-order chi connectivity index (χ1) is 10.2. The fourth-order valence-electron chi connectivity index (χ4n) is 2.26. The van der Waals surface area contributed by atoms with Crippen LogP contribution < -0.4 is 9.47 Å². The highest BCUT2D eigenvalue weighted by atomic mass is 16.5. The molecule has 5 heteroatoms. The molecule has 1 aromatic carbocycles. The Bertz CT molecular complexity index is 641. The van der Waals surface area contributed by atoms with E-state index in [0.717, 1.165) is 29.5 Å². The number of rotatable bonds is 7. The van der Waals surface area contributed by atoms with E-state index in [4.69, 9.17) is 9.47 Å². The first-order valence-electron chi connectivity index (χ1n) is 7.11. The summed E-state index contributed by atoms with van der Waals surface area (Å²) in [5.41, 5.74) is 2.20. The normalized spacial score (nSPS) is 10.6. The number of nitrogens with zero attached hydrogens (tertiary/aromatic N) is 2. The largest absolute Gasteiger partial charge is 0.494 e. The molecule has 1 aromatic heterocycles. The molecule has 5 nitrogen and oxygen atoms in total. The molecule has 2 rings (SSSR count). The summed E-state index contributed by atoms with van der Waals surface area (Å²) < 4.78 is 11.3. The summed E-state index contributed by atoms with van der Waals surface area (Å²) in [7, 11) is 1.60. The van der Waals surface area contributed by atoms with Crippen molar-refractivity contribution in [1.82, 2.24) is 4.98 Å². The van der Waals surface area contributed by atoms with Gasteiger partial charge in [0.25, 0.3) is 0 Å². The first-order valence-corrected chi connectivity index (χ1v) is 7.11. The Hall–Kier alpha value is -2.17. The highest BCUT2D eigenvalue weighted by Crippen LogP contribution is 2.35. The van der Waals surface area contributed by atoms with Crippen LogP contribution in [0.2, 0.25) is 0 Å². The molecule has 0 radical (unpaired) electrons. The fraction of sp³-hybridized carbons (Fsp3) is 0.438. The number of pyridine rings is 1. The van der Waals surface area contributed by atoms with Gasteiger partial charge in [-0.1, -0.05) is 24.6 Å². The van der Waals surface area contributed by atoms with Crippen LogP contribution in [-0.4, -0.2) is 18.7 Å². The van der Waals surface area contributed by atoms with Crippen LogP contribution >= 0.6 is 0 Å². The Morgan fingerprint density at radius 1 is 1.33 bits per heavy atom. The number of benzene rings is 1. The summed E-state index contributed by atoms with van der Waals surface area (Å²) in [5.74, 6) is 1.44. The molecule has 0 N–H and O–H groups in total. The second-order valence-electron chi connectivity index (χ2n) is 4.86.